The first-order valence-electron chi connectivity index (χ1n) is 8.89. The number of aliphatic hydroxyl groups excluding tert-OH is 1. The average Bonchev–Trinajstić information content (AvgIpc) is 2.74. The minimum atomic E-state index is -0.0229. The zero-order valence-electron chi connectivity index (χ0n) is 13.1. The molecule has 3 saturated carbocycles. The van der Waals surface area contributed by atoms with E-state index in [9.17, 15) is 5.11 Å². The van der Waals surface area contributed by atoms with Gasteiger partial charge in [0.1, 0.15) is 0 Å². The van der Waals surface area contributed by atoms with Crippen LogP contribution in [0.4, 0.5) is 0 Å². The van der Waals surface area contributed by atoms with Gasteiger partial charge >= 0.3 is 0 Å². The fourth-order valence-corrected chi connectivity index (χ4v) is 6.81. The summed E-state index contributed by atoms with van der Waals surface area (Å²) in [4.78, 5) is 0. The van der Waals surface area contributed by atoms with Gasteiger partial charge in [-0.05, 0) is 85.9 Å². The van der Waals surface area contributed by atoms with Crippen molar-refractivity contribution >= 4 is 0 Å². The van der Waals surface area contributed by atoms with Crippen LogP contribution in [-0.4, -0.2) is 11.2 Å². The monoisotopic (exact) mass is 274 g/mol. The maximum absolute atomic E-state index is 10.5. The van der Waals surface area contributed by atoms with Crippen LogP contribution in [-0.2, 0) is 0 Å². The lowest BCUT2D eigenvalue weighted by atomic mass is 9.46. The van der Waals surface area contributed by atoms with Gasteiger partial charge in [-0.2, -0.15) is 0 Å². The third-order valence-corrected chi connectivity index (χ3v) is 8.16. The minimum absolute atomic E-state index is 0.0229. The van der Waals surface area contributed by atoms with Crippen LogP contribution in [0.2, 0.25) is 0 Å². The van der Waals surface area contributed by atoms with Crippen molar-refractivity contribution in [2.45, 2.75) is 71.3 Å². The van der Waals surface area contributed by atoms with Gasteiger partial charge in [0, 0.05) is 0 Å². The largest absolute Gasteiger partial charge is 0.393 e. The molecule has 0 amide bonds. The van der Waals surface area contributed by atoms with E-state index in [1.807, 2.05) is 0 Å². The lowest BCUT2D eigenvalue weighted by Gasteiger charge is -2.59. The van der Waals surface area contributed by atoms with Gasteiger partial charge in [0.25, 0.3) is 0 Å². The molecule has 0 aromatic carbocycles. The van der Waals surface area contributed by atoms with Crippen molar-refractivity contribution in [1.82, 2.24) is 0 Å². The number of rotatable bonds is 0. The van der Waals surface area contributed by atoms with Gasteiger partial charge in [0.15, 0.2) is 0 Å². The van der Waals surface area contributed by atoms with E-state index >= 15 is 0 Å². The summed E-state index contributed by atoms with van der Waals surface area (Å²) in [5.74, 6) is 3.57. The molecule has 4 aliphatic carbocycles. The smallest absolute Gasteiger partial charge is 0.0596 e. The number of hydrogen-bond donors (Lipinski definition) is 1. The molecule has 0 aliphatic heterocycles. The van der Waals surface area contributed by atoms with E-state index < -0.39 is 0 Å². The summed E-state index contributed by atoms with van der Waals surface area (Å²) < 4.78 is 0. The molecule has 0 bridgehead atoms. The molecule has 112 valence electrons. The number of allylic oxidation sites excluding steroid dienone is 2. The molecule has 4 unspecified atom stereocenters. The van der Waals surface area contributed by atoms with Crippen LogP contribution in [0, 0.1) is 34.5 Å². The maximum atomic E-state index is 10.5. The van der Waals surface area contributed by atoms with Gasteiger partial charge in [-0.3, -0.25) is 0 Å². The molecule has 0 heterocycles. The molecule has 4 aliphatic rings. The molecule has 0 radical (unpaired) electrons. The standard InChI is InChI=1S/C19H30O/c1-18-11-4-3-5-13(18)6-7-14-15-8-9-17(20)19(15,2)12-10-16(14)18/h3-4,13-17,20H,5-12H2,1-2H3/t13?,14?,15?,16?,17-,18-,19-/m0/s1. The van der Waals surface area contributed by atoms with Crippen LogP contribution in [0.25, 0.3) is 0 Å². The Bertz CT molecular complexity index is 427. The predicted octanol–water partition coefficient (Wildman–Crippen LogP) is 4.56. The third kappa shape index (κ3) is 1.59. The molecule has 0 aromatic heterocycles. The van der Waals surface area contributed by atoms with Gasteiger partial charge in [-0.1, -0.05) is 26.0 Å². The van der Waals surface area contributed by atoms with E-state index in [1.165, 1.54) is 44.9 Å². The number of aliphatic hydroxyl groups is 1. The molecule has 7 atom stereocenters. The SMILES string of the molecule is C[C@]12CC=CCC1CCC1C2CC[C@@]2(C)C1CC[C@@H]2O. The van der Waals surface area contributed by atoms with E-state index in [2.05, 4.69) is 26.0 Å². The molecule has 20 heavy (non-hydrogen) atoms. The molecule has 0 aromatic rings. The Morgan fingerprint density at radius 1 is 0.900 bits per heavy atom. The summed E-state index contributed by atoms with van der Waals surface area (Å²) >= 11 is 0. The molecular formula is C19H30O. The van der Waals surface area contributed by atoms with E-state index in [4.69, 9.17) is 0 Å². The highest BCUT2D eigenvalue weighted by molar-refractivity contribution is 5.12. The summed E-state index contributed by atoms with van der Waals surface area (Å²) in [7, 11) is 0. The van der Waals surface area contributed by atoms with Crippen molar-refractivity contribution in [1.29, 1.82) is 0 Å². The minimum Gasteiger partial charge on any atom is -0.393 e. The van der Waals surface area contributed by atoms with Crippen LogP contribution in [0.5, 0.6) is 0 Å². The average molecular weight is 274 g/mol. The van der Waals surface area contributed by atoms with E-state index in [-0.39, 0.29) is 11.5 Å². The Hall–Kier alpha value is -0.300. The van der Waals surface area contributed by atoms with Gasteiger partial charge in [0.2, 0.25) is 0 Å². The van der Waals surface area contributed by atoms with E-state index in [0.717, 1.165) is 30.1 Å². The maximum Gasteiger partial charge on any atom is 0.0596 e. The van der Waals surface area contributed by atoms with E-state index in [0.29, 0.717) is 5.41 Å². The van der Waals surface area contributed by atoms with Crippen LogP contribution in [0.1, 0.15) is 65.2 Å². The first-order valence-corrected chi connectivity index (χ1v) is 8.89. The molecule has 0 spiro atoms. The third-order valence-electron chi connectivity index (χ3n) is 8.16. The van der Waals surface area contributed by atoms with Crippen LogP contribution in [0.3, 0.4) is 0 Å². The Morgan fingerprint density at radius 2 is 1.70 bits per heavy atom. The van der Waals surface area contributed by atoms with Crippen molar-refractivity contribution < 1.29 is 5.11 Å². The molecular weight excluding hydrogens is 244 g/mol. The Morgan fingerprint density at radius 3 is 2.55 bits per heavy atom. The van der Waals surface area contributed by atoms with E-state index in [1.54, 1.807) is 0 Å². The zero-order valence-corrected chi connectivity index (χ0v) is 13.1. The first kappa shape index (κ1) is 13.4. The van der Waals surface area contributed by atoms with Gasteiger partial charge < -0.3 is 5.11 Å². The summed E-state index contributed by atoms with van der Waals surface area (Å²) in [6.45, 7) is 4.98. The normalized spacial score (nSPS) is 57.9. The van der Waals surface area contributed by atoms with Crippen LogP contribution >= 0.6 is 0 Å². The van der Waals surface area contributed by atoms with Crippen molar-refractivity contribution in [3.8, 4) is 0 Å². The van der Waals surface area contributed by atoms with Gasteiger partial charge in [0.05, 0.1) is 6.10 Å². The summed E-state index contributed by atoms with van der Waals surface area (Å²) in [6.07, 6.45) is 15.4. The number of fused-ring (bicyclic) bond motifs is 5. The molecule has 1 N–H and O–H groups in total. The molecule has 1 nitrogen and oxygen atoms in total. The predicted molar refractivity (Wildman–Crippen MR) is 82.3 cm³/mol. The van der Waals surface area contributed by atoms with Crippen molar-refractivity contribution in [3.63, 3.8) is 0 Å². The summed E-state index contributed by atoms with van der Waals surface area (Å²) in [5, 5.41) is 10.5. The fourth-order valence-electron chi connectivity index (χ4n) is 6.81. The summed E-state index contributed by atoms with van der Waals surface area (Å²) in [5.41, 5.74) is 0.807. The highest BCUT2D eigenvalue weighted by Gasteiger charge is 2.59. The second kappa shape index (κ2) is 4.35. The zero-order chi connectivity index (χ0) is 14.0. The van der Waals surface area contributed by atoms with Gasteiger partial charge in [-0.25, -0.2) is 0 Å². The highest BCUT2D eigenvalue weighted by atomic mass is 16.3. The lowest BCUT2D eigenvalue weighted by Crippen LogP contribution is -2.52. The Balaban J connectivity index is 1.66. The Labute approximate surface area is 123 Å². The summed E-state index contributed by atoms with van der Waals surface area (Å²) in [6, 6.07) is 0. The fraction of sp³-hybridized carbons (Fsp3) is 0.895. The van der Waals surface area contributed by atoms with Crippen molar-refractivity contribution in [2.24, 2.45) is 34.5 Å². The Kier molecular flexibility index (Phi) is 2.91. The topological polar surface area (TPSA) is 20.2 Å². The second-order valence-electron chi connectivity index (χ2n) is 8.71. The molecule has 4 rings (SSSR count). The quantitative estimate of drug-likeness (QED) is 0.642. The van der Waals surface area contributed by atoms with Crippen LogP contribution < -0.4 is 0 Å². The van der Waals surface area contributed by atoms with Crippen LogP contribution in [0.15, 0.2) is 12.2 Å². The van der Waals surface area contributed by atoms with Gasteiger partial charge in [-0.15, -0.1) is 0 Å². The highest BCUT2D eigenvalue weighted by Crippen LogP contribution is 2.65. The van der Waals surface area contributed by atoms with Crippen molar-refractivity contribution in [2.75, 3.05) is 0 Å². The molecule has 3 fully saturated rings. The molecule has 0 saturated heterocycles. The molecule has 1 heteroatoms. The van der Waals surface area contributed by atoms with Crippen molar-refractivity contribution in [3.05, 3.63) is 12.2 Å². The number of hydrogen-bond acceptors (Lipinski definition) is 1. The first-order chi connectivity index (χ1) is 9.56. The second-order valence-corrected chi connectivity index (χ2v) is 8.71. The lowest BCUT2D eigenvalue weighted by molar-refractivity contribution is -0.108.